The standard InChI is InChI=1S/C21H24ClN7O/c1-14-4-3-11-28(18(14)13-24-19-8-6-16(22)12-23-19)21(30)20-17(7-5-15(2)27-20)29-25-9-10-26-29/h5-10,12,14,18H,3-4,11,13H2,1-2H3,(H,23,24)/t14-,18?/m1/s1. The van der Waals surface area contributed by atoms with E-state index in [1.165, 1.54) is 4.80 Å². The van der Waals surface area contributed by atoms with Crippen LogP contribution in [0.3, 0.4) is 0 Å². The maximum Gasteiger partial charge on any atom is 0.275 e. The van der Waals surface area contributed by atoms with Gasteiger partial charge in [-0.25, -0.2) is 9.97 Å². The smallest absolute Gasteiger partial charge is 0.275 e. The summed E-state index contributed by atoms with van der Waals surface area (Å²) in [7, 11) is 0. The number of aromatic nitrogens is 5. The maximum atomic E-state index is 13.6. The minimum Gasteiger partial charge on any atom is -0.368 e. The molecule has 4 rings (SSSR count). The molecule has 9 heteroatoms. The molecule has 8 nitrogen and oxygen atoms in total. The molecule has 0 spiro atoms. The number of nitrogens with one attached hydrogen (secondary N) is 1. The number of pyridine rings is 2. The highest BCUT2D eigenvalue weighted by molar-refractivity contribution is 6.30. The number of hydrogen-bond donors (Lipinski definition) is 1. The third-order valence-electron chi connectivity index (χ3n) is 5.45. The van der Waals surface area contributed by atoms with Gasteiger partial charge in [0.2, 0.25) is 0 Å². The van der Waals surface area contributed by atoms with Gasteiger partial charge in [-0.05, 0) is 49.9 Å². The second-order valence-electron chi connectivity index (χ2n) is 7.57. The fraction of sp³-hybridized carbons (Fsp3) is 0.381. The van der Waals surface area contributed by atoms with Crippen molar-refractivity contribution in [2.45, 2.75) is 32.7 Å². The first kappa shape index (κ1) is 20.3. The van der Waals surface area contributed by atoms with Gasteiger partial charge in [0.15, 0.2) is 5.69 Å². The molecule has 1 amide bonds. The molecule has 30 heavy (non-hydrogen) atoms. The van der Waals surface area contributed by atoms with Crippen molar-refractivity contribution in [3.05, 3.63) is 59.3 Å². The first-order valence-electron chi connectivity index (χ1n) is 10.0. The van der Waals surface area contributed by atoms with Gasteiger partial charge in [0.25, 0.3) is 5.91 Å². The summed E-state index contributed by atoms with van der Waals surface area (Å²) in [5.41, 5.74) is 1.73. The van der Waals surface area contributed by atoms with Crippen LogP contribution in [0.2, 0.25) is 5.02 Å². The fourth-order valence-corrected chi connectivity index (χ4v) is 3.96. The molecule has 1 unspecified atom stereocenters. The van der Waals surface area contributed by atoms with Crippen molar-refractivity contribution < 1.29 is 4.79 Å². The van der Waals surface area contributed by atoms with Crippen molar-refractivity contribution in [3.8, 4) is 5.69 Å². The molecule has 156 valence electrons. The molecule has 0 aliphatic carbocycles. The van der Waals surface area contributed by atoms with Crippen LogP contribution in [0, 0.1) is 12.8 Å². The van der Waals surface area contributed by atoms with Gasteiger partial charge >= 0.3 is 0 Å². The van der Waals surface area contributed by atoms with E-state index in [1.807, 2.05) is 30.0 Å². The molecule has 0 bridgehead atoms. The van der Waals surface area contributed by atoms with Crippen LogP contribution in [-0.4, -0.2) is 54.9 Å². The fourth-order valence-electron chi connectivity index (χ4n) is 3.85. The lowest BCUT2D eigenvalue weighted by atomic mass is 9.90. The number of hydrogen-bond acceptors (Lipinski definition) is 6. The van der Waals surface area contributed by atoms with Crippen LogP contribution < -0.4 is 5.32 Å². The largest absolute Gasteiger partial charge is 0.368 e. The van der Waals surface area contributed by atoms with E-state index in [-0.39, 0.29) is 11.9 Å². The lowest BCUT2D eigenvalue weighted by molar-refractivity contribution is 0.0533. The van der Waals surface area contributed by atoms with Crippen molar-refractivity contribution in [1.29, 1.82) is 0 Å². The maximum absolute atomic E-state index is 13.6. The number of halogens is 1. The summed E-state index contributed by atoms with van der Waals surface area (Å²) in [4.78, 5) is 25.8. The molecule has 0 radical (unpaired) electrons. The number of rotatable bonds is 5. The molecule has 2 atom stereocenters. The van der Waals surface area contributed by atoms with Crippen molar-refractivity contribution in [3.63, 3.8) is 0 Å². The number of carbonyl (C=O) groups is 1. The van der Waals surface area contributed by atoms with Gasteiger partial charge in [0, 0.05) is 25.0 Å². The van der Waals surface area contributed by atoms with Crippen LogP contribution in [0.25, 0.3) is 5.69 Å². The lowest BCUT2D eigenvalue weighted by Crippen LogP contribution is -2.51. The van der Waals surface area contributed by atoms with E-state index >= 15 is 0 Å². The molecule has 3 aromatic heterocycles. The van der Waals surface area contributed by atoms with Gasteiger partial charge in [0.1, 0.15) is 11.5 Å². The average molecular weight is 426 g/mol. The van der Waals surface area contributed by atoms with Crippen LogP contribution in [0.1, 0.15) is 35.9 Å². The van der Waals surface area contributed by atoms with Crippen LogP contribution in [-0.2, 0) is 0 Å². The topological polar surface area (TPSA) is 88.8 Å². The molecule has 3 aromatic rings. The van der Waals surface area contributed by atoms with Gasteiger partial charge < -0.3 is 10.2 Å². The second-order valence-corrected chi connectivity index (χ2v) is 8.00. The van der Waals surface area contributed by atoms with E-state index < -0.39 is 0 Å². The first-order chi connectivity index (χ1) is 14.5. The van der Waals surface area contributed by atoms with Crippen molar-refractivity contribution in [1.82, 2.24) is 29.9 Å². The van der Waals surface area contributed by atoms with Crippen LogP contribution in [0.4, 0.5) is 5.82 Å². The number of amides is 1. The Labute approximate surface area is 180 Å². The summed E-state index contributed by atoms with van der Waals surface area (Å²) < 4.78 is 0. The van der Waals surface area contributed by atoms with Crippen molar-refractivity contribution >= 4 is 23.3 Å². The molecular weight excluding hydrogens is 402 g/mol. The zero-order valence-corrected chi connectivity index (χ0v) is 17.8. The minimum atomic E-state index is -0.103. The molecule has 1 saturated heterocycles. The van der Waals surface area contributed by atoms with Crippen molar-refractivity contribution in [2.24, 2.45) is 5.92 Å². The average Bonchev–Trinajstić information content (AvgIpc) is 3.28. The zero-order valence-electron chi connectivity index (χ0n) is 17.0. The number of aryl methyl sites for hydroxylation is 1. The highest BCUT2D eigenvalue weighted by Gasteiger charge is 2.34. The van der Waals surface area contributed by atoms with E-state index in [1.54, 1.807) is 24.7 Å². The number of carbonyl (C=O) groups excluding carboxylic acids is 1. The quantitative estimate of drug-likeness (QED) is 0.674. The predicted octanol–water partition coefficient (Wildman–Crippen LogP) is 3.37. The Bertz CT molecular complexity index is 1010. The Balaban J connectivity index is 1.60. The number of piperidine rings is 1. The summed E-state index contributed by atoms with van der Waals surface area (Å²) in [6.07, 6.45) is 6.81. The zero-order chi connectivity index (χ0) is 21.1. The Hall–Kier alpha value is -3.00. The molecule has 4 heterocycles. The van der Waals surface area contributed by atoms with E-state index in [9.17, 15) is 4.79 Å². The van der Waals surface area contributed by atoms with Gasteiger partial charge in [-0.2, -0.15) is 10.2 Å². The van der Waals surface area contributed by atoms with Gasteiger partial charge in [-0.3, -0.25) is 4.79 Å². The molecular formula is C21H24ClN7O. The second kappa shape index (κ2) is 8.79. The summed E-state index contributed by atoms with van der Waals surface area (Å²) >= 11 is 5.92. The van der Waals surface area contributed by atoms with Crippen LogP contribution >= 0.6 is 11.6 Å². The molecule has 1 aliphatic heterocycles. The normalized spacial score (nSPS) is 19.0. The molecule has 0 aromatic carbocycles. The third-order valence-corrected chi connectivity index (χ3v) is 5.67. The highest BCUT2D eigenvalue weighted by atomic mass is 35.5. The van der Waals surface area contributed by atoms with Crippen LogP contribution in [0.15, 0.2) is 42.9 Å². The predicted molar refractivity (Wildman–Crippen MR) is 115 cm³/mol. The summed E-state index contributed by atoms with van der Waals surface area (Å²) in [6, 6.07) is 7.35. The lowest BCUT2D eigenvalue weighted by Gasteiger charge is -2.40. The Morgan fingerprint density at radius 1 is 1.23 bits per heavy atom. The third kappa shape index (κ3) is 4.28. The SMILES string of the molecule is Cc1ccc(-n2nccn2)c(C(=O)N2CCC[C@@H](C)C2CNc2ccc(Cl)cn2)n1. The molecule has 1 fully saturated rings. The molecule has 1 N–H and O–H groups in total. The Morgan fingerprint density at radius 3 is 2.77 bits per heavy atom. The van der Waals surface area contributed by atoms with Gasteiger partial charge in [-0.15, -0.1) is 4.80 Å². The molecule has 0 saturated carbocycles. The Kier molecular flexibility index (Phi) is 5.94. The van der Waals surface area contributed by atoms with E-state index in [0.29, 0.717) is 35.4 Å². The summed E-state index contributed by atoms with van der Waals surface area (Å²) in [5.74, 6) is 0.978. The molecule has 1 aliphatic rings. The Morgan fingerprint density at radius 2 is 2.03 bits per heavy atom. The number of anilines is 1. The van der Waals surface area contributed by atoms with E-state index in [2.05, 4.69) is 32.4 Å². The number of likely N-dealkylation sites (tertiary alicyclic amines) is 1. The minimum absolute atomic E-state index is 0.0180. The first-order valence-corrected chi connectivity index (χ1v) is 10.4. The van der Waals surface area contributed by atoms with E-state index in [4.69, 9.17) is 11.6 Å². The van der Waals surface area contributed by atoms with Crippen molar-refractivity contribution in [2.75, 3.05) is 18.4 Å². The monoisotopic (exact) mass is 425 g/mol. The summed E-state index contributed by atoms with van der Waals surface area (Å²) in [6.45, 7) is 5.34. The van der Waals surface area contributed by atoms with Gasteiger partial charge in [0.05, 0.1) is 23.5 Å². The van der Waals surface area contributed by atoms with Gasteiger partial charge in [-0.1, -0.05) is 18.5 Å². The number of nitrogens with zero attached hydrogens (tertiary/aromatic N) is 6. The van der Waals surface area contributed by atoms with Crippen LogP contribution in [0.5, 0.6) is 0 Å². The summed E-state index contributed by atoms with van der Waals surface area (Å²) in [5, 5.41) is 12.3. The van der Waals surface area contributed by atoms with E-state index in [0.717, 1.165) is 24.4 Å². The highest BCUT2D eigenvalue weighted by Crippen LogP contribution is 2.26.